The lowest BCUT2D eigenvalue weighted by atomic mass is 9.32. The summed E-state index contributed by atoms with van der Waals surface area (Å²) in [5, 5.41) is 9.78. The van der Waals surface area contributed by atoms with Gasteiger partial charge in [0.2, 0.25) is 0 Å². The van der Waals surface area contributed by atoms with Crippen molar-refractivity contribution in [2.75, 3.05) is 0 Å². The summed E-state index contributed by atoms with van der Waals surface area (Å²) < 4.78 is 6.54. The van der Waals surface area contributed by atoms with E-state index < -0.39 is 5.97 Å². The van der Waals surface area contributed by atoms with Crippen molar-refractivity contribution in [2.45, 2.75) is 76.5 Å². The topological polar surface area (TPSA) is 46.5 Å². The van der Waals surface area contributed by atoms with Crippen molar-refractivity contribution in [2.24, 2.45) is 46.3 Å². The Morgan fingerprint density at radius 2 is 1.22 bits per heavy atom. The molecule has 10 rings (SSSR count). The van der Waals surface area contributed by atoms with E-state index in [4.69, 9.17) is 4.74 Å². The zero-order valence-corrected chi connectivity index (χ0v) is 21.2. The Morgan fingerprint density at radius 3 is 1.83 bits per heavy atom. The van der Waals surface area contributed by atoms with Crippen molar-refractivity contribution < 1.29 is 14.6 Å². The van der Waals surface area contributed by atoms with Gasteiger partial charge in [0.05, 0.1) is 0 Å². The van der Waals surface area contributed by atoms with E-state index in [1.54, 1.807) is 12.1 Å². The number of aromatic carboxylic acids is 1. The van der Waals surface area contributed by atoms with Crippen LogP contribution in [0.2, 0.25) is 0 Å². The van der Waals surface area contributed by atoms with Crippen LogP contribution in [0.1, 0.15) is 92.5 Å². The van der Waals surface area contributed by atoms with Crippen LogP contribution in [-0.4, -0.2) is 11.1 Å². The Bertz CT molecular complexity index is 1160. The molecule has 1 N–H and O–H groups in total. The average Bonchev–Trinajstić information content (AvgIpc) is 2.84. The maximum atomic E-state index is 11.9. The van der Waals surface area contributed by atoms with Gasteiger partial charge >= 0.3 is 5.97 Å². The molecule has 0 aromatic heterocycles. The molecular formula is C33H38O3. The van der Waals surface area contributed by atoms with Gasteiger partial charge in [-0.25, -0.2) is 4.79 Å². The molecule has 3 nitrogen and oxygen atoms in total. The minimum atomic E-state index is -0.928. The average molecular weight is 483 g/mol. The zero-order valence-electron chi connectivity index (χ0n) is 21.2. The summed E-state index contributed by atoms with van der Waals surface area (Å²) in [5.74, 6) is 6.50. The zero-order chi connectivity index (χ0) is 24.1. The number of carboxylic acid groups (broad SMARTS) is 1. The Hall–Kier alpha value is -2.29. The summed E-state index contributed by atoms with van der Waals surface area (Å²) in [6.45, 7) is 0. The molecule has 0 spiro atoms. The molecule has 0 aliphatic heterocycles. The second kappa shape index (κ2) is 7.62. The predicted molar refractivity (Wildman–Crippen MR) is 139 cm³/mol. The van der Waals surface area contributed by atoms with Gasteiger partial charge in [0.15, 0.2) is 0 Å². The number of para-hydroxylation sites is 2. The summed E-state index contributed by atoms with van der Waals surface area (Å²) in [7, 11) is 0. The van der Waals surface area contributed by atoms with E-state index in [9.17, 15) is 9.90 Å². The highest BCUT2D eigenvalue weighted by Crippen LogP contribution is 2.78. The minimum Gasteiger partial charge on any atom is -0.478 e. The third-order valence-corrected chi connectivity index (χ3v) is 12.0. The van der Waals surface area contributed by atoms with Crippen LogP contribution in [0, 0.1) is 46.3 Å². The van der Waals surface area contributed by atoms with Gasteiger partial charge in [0.1, 0.15) is 17.1 Å². The minimum absolute atomic E-state index is 0.244. The highest BCUT2D eigenvalue weighted by atomic mass is 16.5. The van der Waals surface area contributed by atoms with Gasteiger partial charge in [-0.2, -0.15) is 0 Å². The fourth-order valence-electron chi connectivity index (χ4n) is 11.8. The first-order valence-electron chi connectivity index (χ1n) is 14.6. The van der Waals surface area contributed by atoms with E-state index in [1.165, 1.54) is 76.2 Å². The van der Waals surface area contributed by atoms with Crippen LogP contribution in [0.3, 0.4) is 0 Å². The van der Waals surface area contributed by atoms with Crippen LogP contribution in [0.4, 0.5) is 0 Å². The van der Waals surface area contributed by atoms with E-state index in [2.05, 4.69) is 24.3 Å². The van der Waals surface area contributed by atoms with E-state index in [0.717, 1.165) is 41.3 Å². The first kappa shape index (κ1) is 21.8. The fourth-order valence-corrected chi connectivity index (χ4v) is 11.8. The van der Waals surface area contributed by atoms with Crippen molar-refractivity contribution in [1.29, 1.82) is 0 Å². The Labute approximate surface area is 214 Å². The maximum Gasteiger partial charge on any atom is 0.339 e. The van der Waals surface area contributed by atoms with Crippen LogP contribution >= 0.6 is 0 Å². The molecule has 8 aliphatic rings. The summed E-state index contributed by atoms with van der Waals surface area (Å²) in [6.07, 6.45) is 16.0. The standard InChI is InChI=1S/C33H38O3/c34-31(35)27-6-2-4-8-29(27)36-28-7-3-1-5-26(28)30-25-13-23-12-24(14-25)19-33(30,18-23)32-15-20-9-21(16-32)11-22(10-20)17-32/h1-8,20-25,30H,9-19H2,(H,34,35). The van der Waals surface area contributed by atoms with Crippen molar-refractivity contribution in [3.8, 4) is 11.5 Å². The van der Waals surface area contributed by atoms with Crippen LogP contribution in [0.5, 0.6) is 11.5 Å². The summed E-state index contributed by atoms with van der Waals surface area (Å²) >= 11 is 0. The van der Waals surface area contributed by atoms with Gasteiger partial charge in [0.25, 0.3) is 0 Å². The number of benzene rings is 2. The largest absolute Gasteiger partial charge is 0.478 e. The highest BCUT2D eigenvalue weighted by molar-refractivity contribution is 5.90. The number of carbonyl (C=O) groups is 1. The lowest BCUT2D eigenvalue weighted by molar-refractivity contribution is -0.211. The molecule has 0 radical (unpaired) electrons. The molecule has 0 saturated heterocycles. The first-order chi connectivity index (χ1) is 17.5. The Balaban J connectivity index is 1.25. The number of hydrogen-bond acceptors (Lipinski definition) is 2. The molecule has 8 aliphatic carbocycles. The van der Waals surface area contributed by atoms with Gasteiger partial charge in [-0.3, -0.25) is 0 Å². The fraction of sp³-hybridized carbons (Fsp3) is 0.606. The third kappa shape index (κ3) is 3.01. The number of carboxylic acids is 1. The van der Waals surface area contributed by atoms with Gasteiger partial charge in [-0.15, -0.1) is 0 Å². The summed E-state index contributed by atoms with van der Waals surface area (Å²) in [4.78, 5) is 11.9. The van der Waals surface area contributed by atoms with E-state index in [-0.39, 0.29) is 5.56 Å². The highest BCUT2D eigenvalue weighted by Gasteiger charge is 2.68. The van der Waals surface area contributed by atoms with Gasteiger partial charge in [-0.05, 0) is 147 Å². The van der Waals surface area contributed by atoms with E-state index in [1.807, 2.05) is 12.1 Å². The Kier molecular flexibility index (Phi) is 4.60. The number of rotatable bonds is 5. The second-order valence-electron chi connectivity index (χ2n) is 13.9. The lowest BCUT2D eigenvalue weighted by Crippen LogP contribution is -2.63. The SMILES string of the molecule is O=C(O)c1ccccc1Oc1ccccc1C1C2CC3CC(C2)CC1(C12CC4CC(CC(C4)C1)C2)C3. The van der Waals surface area contributed by atoms with Gasteiger partial charge in [-0.1, -0.05) is 30.3 Å². The van der Waals surface area contributed by atoms with Gasteiger partial charge in [0, 0.05) is 0 Å². The number of ether oxygens (including phenoxy) is 1. The molecular weight excluding hydrogens is 444 g/mol. The van der Waals surface area contributed by atoms with Crippen LogP contribution in [0.15, 0.2) is 48.5 Å². The third-order valence-electron chi connectivity index (χ3n) is 12.0. The Morgan fingerprint density at radius 1 is 0.694 bits per heavy atom. The van der Waals surface area contributed by atoms with Gasteiger partial charge < -0.3 is 9.84 Å². The van der Waals surface area contributed by atoms with E-state index >= 15 is 0 Å². The van der Waals surface area contributed by atoms with Crippen LogP contribution in [-0.2, 0) is 0 Å². The molecule has 8 saturated carbocycles. The molecule has 0 heterocycles. The molecule has 8 fully saturated rings. The smallest absolute Gasteiger partial charge is 0.339 e. The van der Waals surface area contributed by atoms with E-state index in [0.29, 0.717) is 22.5 Å². The molecule has 0 amide bonds. The molecule has 8 bridgehead atoms. The lowest BCUT2D eigenvalue weighted by Gasteiger charge is -2.73. The quantitative estimate of drug-likeness (QED) is 0.466. The first-order valence-corrected chi connectivity index (χ1v) is 14.6. The molecule has 188 valence electrons. The summed E-state index contributed by atoms with van der Waals surface area (Å²) in [5.41, 5.74) is 2.54. The summed E-state index contributed by atoms with van der Waals surface area (Å²) in [6, 6.07) is 15.8. The monoisotopic (exact) mass is 482 g/mol. The van der Waals surface area contributed by atoms with Crippen molar-refractivity contribution in [1.82, 2.24) is 0 Å². The second-order valence-corrected chi connectivity index (χ2v) is 13.9. The normalized spacial score (nSPS) is 43.6. The van der Waals surface area contributed by atoms with Crippen LogP contribution in [0.25, 0.3) is 0 Å². The van der Waals surface area contributed by atoms with Crippen molar-refractivity contribution in [3.05, 3.63) is 59.7 Å². The maximum absolute atomic E-state index is 11.9. The molecule has 3 atom stereocenters. The number of hydrogen-bond donors (Lipinski definition) is 1. The molecule has 3 heteroatoms. The molecule has 2 aromatic carbocycles. The van der Waals surface area contributed by atoms with Crippen LogP contribution < -0.4 is 4.74 Å². The predicted octanol–water partition coefficient (Wildman–Crippen LogP) is 8.30. The molecule has 3 unspecified atom stereocenters. The molecule has 2 aromatic rings. The van der Waals surface area contributed by atoms with Crippen molar-refractivity contribution >= 4 is 5.97 Å². The van der Waals surface area contributed by atoms with Crippen molar-refractivity contribution in [3.63, 3.8) is 0 Å². The molecule has 36 heavy (non-hydrogen) atoms.